The Morgan fingerprint density at radius 1 is 1.13 bits per heavy atom. The number of rotatable bonds is 5. The molecule has 2 atom stereocenters. The van der Waals surface area contributed by atoms with Gasteiger partial charge in [-0.1, -0.05) is 61.9 Å². The van der Waals surface area contributed by atoms with Gasteiger partial charge in [-0.05, 0) is 16.9 Å². The van der Waals surface area contributed by atoms with Gasteiger partial charge >= 0.3 is 12.1 Å². The average molecular weight is 463 g/mol. The summed E-state index contributed by atoms with van der Waals surface area (Å²) in [7, 11) is 0. The molecule has 1 aliphatic carbocycles. The molecule has 1 saturated carbocycles. The van der Waals surface area contributed by atoms with E-state index in [9.17, 15) is 31.1 Å². The number of carbonyl (C=O) groups excluding carboxylic acids is 1. The summed E-state index contributed by atoms with van der Waals surface area (Å²) in [5.74, 6) is -6.33. The van der Waals surface area contributed by atoms with Crippen molar-refractivity contribution in [1.82, 2.24) is 0 Å². The summed E-state index contributed by atoms with van der Waals surface area (Å²) in [4.78, 5) is 12.4. The highest BCUT2D eigenvalue weighted by atomic mass is 35.5. The van der Waals surface area contributed by atoms with Gasteiger partial charge in [0.2, 0.25) is 0 Å². The largest absolute Gasteiger partial charge is 0.460 e. The summed E-state index contributed by atoms with van der Waals surface area (Å²) in [6.45, 7) is 2.26. The quantitative estimate of drug-likeness (QED) is 0.362. The van der Waals surface area contributed by atoms with Crippen molar-refractivity contribution in [2.45, 2.75) is 26.6 Å². The van der Waals surface area contributed by atoms with Crippen LogP contribution in [0.2, 0.25) is 0 Å². The van der Waals surface area contributed by atoms with Gasteiger partial charge in [0.1, 0.15) is 29.1 Å². The summed E-state index contributed by atoms with van der Waals surface area (Å²) in [5.41, 5.74) is -1.84. The Morgan fingerprint density at radius 3 is 2.32 bits per heavy atom. The molecule has 0 aliphatic heterocycles. The van der Waals surface area contributed by atoms with Crippen molar-refractivity contribution in [3.63, 3.8) is 0 Å². The van der Waals surface area contributed by atoms with Gasteiger partial charge in [0.15, 0.2) is 0 Å². The van der Waals surface area contributed by atoms with Crippen LogP contribution in [-0.2, 0) is 16.1 Å². The highest BCUT2D eigenvalue weighted by Gasteiger charge is 2.62. The first kappa shape index (κ1) is 23.2. The van der Waals surface area contributed by atoms with Crippen molar-refractivity contribution in [3.8, 4) is 11.1 Å². The molecule has 2 aromatic rings. The van der Waals surface area contributed by atoms with E-state index < -0.39 is 69.6 Å². The van der Waals surface area contributed by atoms with E-state index in [-0.39, 0.29) is 5.56 Å². The maximum Gasteiger partial charge on any atom is 0.426 e. The first-order valence-corrected chi connectivity index (χ1v) is 9.56. The second-order valence-corrected chi connectivity index (χ2v) is 8.23. The lowest BCUT2D eigenvalue weighted by atomic mass is 10.0. The van der Waals surface area contributed by atoms with Gasteiger partial charge in [-0.3, -0.25) is 4.79 Å². The first-order valence-electron chi connectivity index (χ1n) is 9.18. The lowest BCUT2D eigenvalue weighted by Gasteiger charge is -2.12. The van der Waals surface area contributed by atoms with Crippen LogP contribution in [0.25, 0.3) is 11.1 Å². The molecule has 1 aliphatic rings. The molecule has 3 rings (SSSR count). The van der Waals surface area contributed by atoms with Gasteiger partial charge < -0.3 is 4.74 Å². The van der Waals surface area contributed by atoms with Gasteiger partial charge in [-0.2, -0.15) is 13.2 Å². The Labute approximate surface area is 179 Å². The molecular formula is C22H17ClF6O2. The number of hydrogen-bond donors (Lipinski definition) is 0. The minimum atomic E-state index is -4.75. The van der Waals surface area contributed by atoms with Crippen LogP contribution in [0.3, 0.4) is 0 Å². The highest BCUT2D eigenvalue weighted by Crippen LogP contribution is 2.60. The van der Waals surface area contributed by atoms with Crippen molar-refractivity contribution >= 4 is 17.6 Å². The smallest absolute Gasteiger partial charge is 0.426 e. The van der Waals surface area contributed by atoms with Crippen LogP contribution in [-0.4, -0.2) is 12.1 Å². The van der Waals surface area contributed by atoms with E-state index in [1.807, 2.05) is 0 Å². The van der Waals surface area contributed by atoms with Gasteiger partial charge in [-0.25, -0.2) is 13.2 Å². The molecular weight excluding hydrogens is 446 g/mol. The summed E-state index contributed by atoms with van der Waals surface area (Å²) in [5, 5.41) is -1.36. The van der Waals surface area contributed by atoms with E-state index in [1.165, 1.54) is 12.1 Å². The van der Waals surface area contributed by atoms with Crippen molar-refractivity contribution in [3.05, 3.63) is 70.5 Å². The molecule has 166 valence electrons. The van der Waals surface area contributed by atoms with Crippen molar-refractivity contribution in [2.24, 2.45) is 17.3 Å². The van der Waals surface area contributed by atoms with Crippen molar-refractivity contribution in [2.75, 3.05) is 0 Å². The number of ether oxygens (including phenoxy) is 1. The highest BCUT2D eigenvalue weighted by molar-refractivity contribution is 6.30. The zero-order valence-electron chi connectivity index (χ0n) is 16.4. The third kappa shape index (κ3) is 4.59. The number of allylic oxidation sites excluding steroid dienone is 2. The van der Waals surface area contributed by atoms with Crippen LogP contribution in [0.4, 0.5) is 26.3 Å². The van der Waals surface area contributed by atoms with E-state index in [4.69, 9.17) is 16.3 Å². The molecule has 31 heavy (non-hydrogen) atoms. The van der Waals surface area contributed by atoms with Gasteiger partial charge in [0.05, 0.1) is 17.0 Å². The number of halogens is 7. The zero-order chi connectivity index (χ0) is 23.1. The van der Waals surface area contributed by atoms with Crippen LogP contribution < -0.4 is 0 Å². The predicted octanol–water partition coefficient (Wildman–Crippen LogP) is 6.77. The van der Waals surface area contributed by atoms with E-state index in [2.05, 4.69) is 0 Å². The molecule has 0 unspecified atom stereocenters. The molecule has 0 aromatic heterocycles. The predicted molar refractivity (Wildman–Crippen MR) is 102 cm³/mol. The Balaban J connectivity index is 1.80. The van der Waals surface area contributed by atoms with E-state index in [0.29, 0.717) is 6.07 Å². The van der Waals surface area contributed by atoms with Gasteiger partial charge in [0, 0.05) is 6.07 Å². The topological polar surface area (TPSA) is 26.3 Å². The van der Waals surface area contributed by atoms with Crippen LogP contribution in [0.15, 0.2) is 47.5 Å². The second kappa shape index (κ2) is 8.22. The molecule has 0 bridgehead atoms. The fourth-order valence-electron chi connectivity index (χ4n) is 3.56. The lowest BCUT2D eigenvalue weighted by molar-refractivity contribution is -0.147. The Kier molecular flexibility index (Phi) is 6.15. The standard InChI is InChI=1S/C22H17ClF6O2/c1-21(2)13(8-16(23)22(27,28)29)18(21)20(30)31-10-12-14(24)9-15(25)17(19(12)26)11-6-4-3-5-7-11/h3-9,13,18H,10H2,1-2H3/t13-,18-/m0/s1. The van der Waals surface area contributed by atoms with E-state index in [1.54, 1.807) is 32.0 Å². The van der Waals surface area contributed by atoms with Crippen LogP contribution >= 0.6 is 11.6 Å². The minimum Gasteiger partial charge on any atom is -0.460 e. The molecule has 9 heteroatoms. The number of benzene rings is 2. The monoisotopic (exact) mass is 462 g/mol. The Morgan fingerprint density at radius 2 is 1.74 bits per heavy atom. The van der Waals surface area contributed by atoms with Gasteiger partial charge in [0.25, 0.3) is 0 Å². The van der Waals surface area contributed by atoms with Crippen LogP contribution in [0.5, 0.6) is 0 Å². The lowest BCUT2D eigenvalue weighted by Crippen LogP contribution is -2.13. The number of hydrogen-bond acceptors (Lipinski definition) is 2. The molecule has 0 N–H and O–H groups in total. The van der Waals surface area contributed by atoms with Gasteiger partial charge in [-0.15, -0.1) is 0 Å². The third-order valence-corrected chi connectivity index (χ3v) is 5.79. The van der Waals surface area contributed by atoms with Crippen LogP contribution in [0, 0.1) is 34.7 Å². The summed E-state index contributed by atoms with van der Waals surface area (Å²) < 4.78 is 86.2. The van der Waals surface area contributed by atoms with Crippen LogP contribution in [0.1, 0.15) is 19.4 Å². The van der Waals surface area contributed by atoms with E-state index in [0.717, 1.165) is 6.08 Å². The summed E-state index contributed by atoms with van der Waals surface area (Å²) >= 11 is 5.24. The minimum absolute atomic E-state index is 0.167. The fraction of sp³-hybridized carbons (Fsp3) is 0.318. The SMILES string of the molecule is CC1(C)[C@H](C(=O)OCc2c(F)cc(F)c(-c3ccccc3)c2F)[C@@H]1C=C(Cl)C(F)(F)F. The summed E-state index contributed by atoms with van der Waals surface area (Å²) in [6.07, 6.45) is -4.01. The number of alkyl halides is 3. The van der Waals surface area contributed by atoms with Crippen molar-refractivity contribution < 1.29 is 35.9 Å². The average Bonchev–Trinajstić information content (AvgIpc) is 3.21. The molecule has 0 amide bonds. The maximum atomic E-state index is 14.9. The maximum absolute atomic E-state index is 14.9. The number of carbonyl (C=O) groups is 1. The Bertz CT molecular complexity index is 1030. The number of esters is 1. The fourth-order valence-corrected chi connectivity index (χ4v) is 3.69. The Hall–Kier alpha value is -2.48. The molecule has 0 spiro atoms. The zero-order valence-corrected chi connectivity index (χ0v) is 17.1. The van der Waals surface area contributed by atoms with E-state index >= 15 is 0 Å². The normalized spacial score (nSPS) is 20.5. The second-order valence-electron chi connectivity index (χ2n) is 7.82. The molecule has 0 saturated heterocycles. The van der Waals surface area contributed by atoms with Crippen molar-refractivity contribution in [1.29, 1.82) is 0 Å². The third-order valence-electron chi connectivity index (χ3n) is 5.45. The molecule has 0 heterocycles. The summed E-state index contributed by atoms with van der Waals surface area (Å²) in [6, 6.07) is 8.09. The molecule has 2 nitrogen and oxygen atoms in total. The molecule has 2 aromatic carbocycles. The molecule has 1 fully saturated rings. The molecule has 0 radical (unpaired) electrons. The first-order chi connectivity index (χ1) is 14.4.